The molecular weight excluding hydrogens is 292 g/mol. The summed E-state index contributed by atoms with van der Waals surface area (Å²) in [7, 11) is 0. The van der Waals surface area contributed by atoms with Crippen molar-refractivity contribution in [2.45, 2.75) is 52.1 Å². The van der Waals surface area contributed by atoms with E-state index in [-0.39, 0.29) is 23.8 Å². The summed E-state index contributed by atoms with van der Waals surface area (Å²) in [6, 6.07) is 7.61. The molecule has 23 heavy (non-hydrogen) atoms. The van der Waals surface area contributed by atoms with Crippen LogP contribution < -0.4 is 0 Å². The Morgan fingerprint density at radius 3 is 2.17 bits per heavy atom. The summed E-state index contributed by atoms with van der Waals surface area (Å²) in [5, 5.41) is 10.7. The fraction of sp³-hybridized carbons (Fsp3) is 0.526. The molecule has 0 aliphatic heterocycles. The molecule has 4 atom stereocenters. The molecule has 0 aromatic heterocycles. The molecule has 0 bridgehead atoms. The SMILES string of the molecule is CCc1ccc([C@@H]2[C@H](C(C)=O)C(=O)C[C@@](C)(O)[C@@H]2C(C)=O)cc1. The number of aryl methyl sites for hydroxylation is 1. The van der Waals surface area contributed by atoms with Crippen molar-refractivity contribution in [3.05, 3.63) is 35.4 Å². The Bertz CT molecular complexity index is 627. The van der Waals surface area contributed by atoms with E-state index in [1.807, 2.05) is 31.2 Å². The van der Waals surface area contributed by atoms with Gasteiger partial charge in [0.25, 0.3) is 0 Å². The molecule has 1 aliphatic rings. The first kappa shape index (κ1) is 17.5. The Morgan fingerprint density at radius 2 is 1.74 bits per heavy atom. The molecule has 4 nitrogen and oxygen atoms in total. The van der Waals surface area contributed by atoms with Crippen molar-refractivity contribution in [2.75, 3.05) is 0 Å². The number of hydrogen-bond donors (Lipinski definition) is 1. The van der Waals surface area contributed by atoms with Crippen LogP contribution in [0.4, 0.5) is 0 Å². The largest absolute Gasteiger partial charge is 0.389 e. The predicted octanol–water partition coefficient (Wildman–Crippen LogP) is 2.47. The van der Waals surface area contributed by atoms with Gasteiger partial charge in [0.1, 0.15) is 17.3 Å². The summed E-state index contributed by atoms with van der Waals surface area (Å²) in [5.41, 5.74) is 0.473. The van der Waals surface area contributed by atoms with Crippen LogP contribution in [-0.2, 0) is 20.8 Å². The maximum Gasteiger partial charge on any atom is 0.146 e. The Labute approximate surface area is 136 Å². The molecule has 1 N–H and O–H groups in total. The minimum absolute atomic E-state index is 0.162. The number of aliphatic hydroxyl groups is 1. The van der Waals surface area contributed by atoms with E-state index in [1.165, 1.54) is 20.8 Å². The maximum absolute atomic E-state index is 12.4. The lowest BCUT2D eigenvalue weighted by Gasteiger charge is -2.44. The van der Waals surface area contributed by atoms with Crippen molar-refractivity contribution >= 4 is 17.3 Å². The number of rotatable bonds is 4. The standard InChI is InChI=1S/C19H24O4/c1-5-13-6-8-14(9-7-13)17-16(11(2)20)15(22)10-19(4,23)18(17)12(3)21/h6-9,16-18,23H,5,10H2,1-4H3/t16-,17-,18-,19-/m1/s1. The van der Waals surface area contributed by atoms with Gasteiger partial charge >= 0.3 is 0 Å². The summed E-state index contributed by atoms with van der Waals surface area (Å²) >= 11 is 0. The lowest BCUT2D eigenvalue weighted by atomic mass is 9.60. The van der Waals surface area contributed by atoms with Crippen molar-refractivity contribution in [3.8, 4) is 0 Å². The van der Waals surface area contributed by atoms with Gasteiger partial charge < -0.3 is 5.11 Å². The number of benzene rings is 1. The van der Waals surface area contributed by atoms with Crippen LogP contribution in [0.2, 0.25) is 0 Å². The lowest BCUT2D eigenvalue weighted by molar-refractivity contribution is -0.151. The Morgan fingerprint density at radius 1 is 1.17 bits per heavy atom. The van der Waals surface area contributed by atoms with Crippen LogP contribution in [0.5, 0.6) is 0 Å². The molecule has 0 saturated heterocycles. The van der Waals surface area contributed by atoms with Gasteiger partial charge in [-0.05, 0) is 38.3 Å². The number of hydrogen-bond acceptors (Lipinski definition) is 4. The Kier molecular flexibility index (Phi) is 4.85. The Hall–Kier alpha value is -1.81. The molecule has 124 valence electrons. The molecule has 1 fully saturated rings. The molecule has 2 rings (SSSR count). The molecule has 1 aromatic carbocycles. The molecule has 1 saturated carbocycles. The zero-order valence-electron chi connectivity index (χ0n) is 14.1. The van der Waals surface area contributed by atoms with Gasteiger partial charge in [-0.1, -0.05) is 31.2 Å². The third-order valence-corrected chi connectivity index (χ3v) is 4.92. The van der Waals surface area contributed by atoms with Crippen LogP contribution >= 0.6 is 0 Å². The van der Waals surface area contributed by atoms with Crippen LogP contribution in [-0.4, -0.2) is 28.1 Å². The highest BCUT2D eigenvalue weighted by Crippen LogP contribution is 2.46. The van der Waals surface area contributed by atoms with Crippen LogP contribution in [0.25, 0.3) is 0 Å². The van der Waals surface area contributed by atoms with Crippen molar-refractivity contribution in [3.63, 3.8) is 0 Å². The van der Waals surface area contributed by atoms with Gasteiger partial charge in [-0.15, -0.1) is 0 Å². The molecular formula is C19H24O4. The molecule has 4 heteroatoms. The summed E-state index contributed by atoms with van der Waals surface area (Å²) in [6.45, 7) is 6.36. The van der Waals surface area contributed by atoms with E-state index in [0.29, 0.717) is 0 Å². The van der Waals surface area contributed by atoms with Gasteiger partial charge in [-0.2, -0.15) is 0 Å². The minimum Gasteiger partial charge on any atom is -0.389 e. The third kappa shape index (κ3) is 3.27. The highest BCUT2D eigenvalue weighted by molar-refractivity contribution is 6.05. The first-order valence-electron chi connectivity index (χ1n) is 8.04. The van der Waals surface area contributed by atoms with Gasteiger partial charge in [0.15, 0.2) is 0 Å². The quantitative estimate of drug-likeness (QED) is 0.866. The fourth-order valence-electron chi connectivity index (χ4n) is 3.88. The van der Waals surface area contributed by atoms with E-state index in [1.54, 1.807) is 0 Å². The van der Waals surface area contributed by atoms with Gasteiger partial charge in [-0.25, -0.2) is 0 Å². The van der Waals surface area contributed by atoms with Crippen molar-refractivity contribution in [1.29, 1.82) is 0 Å². The number of carbonyl (C=O) groups excluding carboxylic acids is 3. The second-order valence-corrected chi connectivity index (χ2v) is 6.80. The van der Waals surface area contributed by atoms with Crippen molar-refractivity contribution in [1.82, 2.24) is 0 Å². The average molecular weight is 316 g/mol. The summed E-state index contributed by atoms with van der Waals surface area (Å²) < 4.78 is 0. The highest BCUT2D eigenvalue weighted by Gasteiger charge is 2.53. The van der Waals surface area contributed by atoms with Crippen molar-refractivity contribution in [2.24, 2.45) is 11.8 Å². The van der Waals surface area contributed by atoms with Crippen LogP contribution in [0, 0.1) is 11.8 Å². The van der Waals surface area contributed by atoms with E-state index >= 15 is 0 Å². The molecule has 0 amide bonds. The molecule has 0 unspecified atom stereocenters. The van der Waals surface area contributed by atoms with Crippen LogP contribution in [0.3, 0.4) is 0 Å². The monoisotopic (exact) mass is 316 g/mol. The van der Waals surface area contributed by atoms with E-state index in [9.17, 15) is 19.5 Å². The highest BCUT2D eigenvalue weighted by atomic mass is 16.3. The van der Waals surface area contributed by atoms with Crippen LogP contribution in [0.1, 0.15) is 51.2 Å². The topological polar surface area (TPSA) is 71.4 Å². The Balaban J connectivity index is 2.58. The molecule has 1 aliphatic carbocycles. The number of Topliss-reactive ketones (excluding diaryl/α,β-unsaturated/α-hetero) is 3. The minimum atomic E-state index is -1.43. The summed E-state index contributed by atoms with van der Waals surface area (Å²) in [6.07, 6.45) is 0.721. The molecule has 1 aromatic rings. The lowest BCUT2D eigenvalue weighted by Crippen LogP contribution is -2.53. The molecule has 0 radical (unpaired) electrons. The smallest absolute Gasteiger partial charge is 0.146 e. The van der Waals surface area contributed by atoms with Gasteiger partial charge in [-0.3, -0.25) is 14.4 Å². The first-order chi connectivity index (χ1) is 10.7. The second-order valence-electron chi connectivity index (χ2n) is 6.80. The second kappa shape index (κ2) is 6.36. The normalized spacial score (nSPS) is 31.0. The summed E-state index contributed by atoms with van der Waals surface area (Å²) in [4.78, 5) is 36.7. The zero-order chi connectivity index (χ0) is 17.4. The number of carbonyl (C=O) groups is 3. The van der Waals surface area contributed by atoms with E-state index < -0.39 is 23.4 Å². The van der Waals surface area contributed by atoms with Crippen molar-refractivity contribution < 1.29 is 19.5 Å². The number of ketones is 3. The van der Waals surface area contributed by atoms with Gasteiger partial charge in [0, 0.05) is 12.3 Å². The molecule has 0 heterocycles. The van der Waals surface area contributed by atoms with E-state index in [2.05, 4.69) is 0 Å². The maximum atomic E-state index is 12.4. The predicted molar refractivity (Wildman–Crippen MR) is 87.2 cm³/mol. The third-order valence-electron chi connectivity index (χ3n) is 4.92. The fourth-order valence-corrected chi connectivity index (χ4v) is 3.88. The first-order valence-corrected chi connectivity index (χ1v) is 8.04. The van der Waals surface area contributed by atoms with E-state index in [0.717, 1.165) is 17.5 Å². The van der Waals surface area contributed by atoms with E-state index in [4.69, 9.17) is 0 Å². The molecule has 0 spiro atoms. The van der Waals surface area contributed by atoms with Gasteiger partial charge in [0.2, 0.25) is 0 Å². The zero-order valence-corrected chi connectivity index (χ0v) is 14.1. The van der Waals surface area contributed by atoms with Gasteiger partial charge in [0.05, 0.1) is 17.4 Å². The van der Waals surface area contributed by atoms with Crippen LogP contribution in [0.15, 0.2) is 24.3 Å². The summed E-state index contributed by atoms with van der Waals surface area (Å²) in [5.74, 6) is -2.96. The average Bonchev–Trinajstić information content (AvgIpc) is 2.44.